The maximum absolute atomic E-state index is 11.8. The van der Waals surface area contributed by atoms with Crippen LogP contribution in [0.3, 0.4) is 0 Å². The van der Waals surface area contributed by atoms with Gasteiger partial charge in [-0.25, -0.2) is 0 Å². The topological polar surface area (TPSA) is 150 Å². The van der Waals surface area contributed by atoms with E-state index in [-0.39, 0.29) is 84.7 Å². The molecule has 1 aromatic carbocycles. The number of aromatic amines is 2. The summed E-state index contributed by atoms with van der Waals surface area (Å²) in [5, 5.41) is 19.9. The van der Waals surface area contributed by atoms with Crippen LogP contribution >= 0.6 is 0 Å². The van der Waals surface area contributed by atoms with Gasteiger partial charge in [0.1, 0.15) is 5.69 Å². The Morgan fingerprint density at radius 3 is 2.40 bits per heavy atom. The number of nitriles is 1. The van der Waals surface area contributed by atoms with Crippen molar-refractivity contribution in [1.29, 1.82) is 5.26 Å². The summed E-state index contributed by atoms with van der Waals surface area (Å²) in [4.78, 5) is 42.2. The van der Waals surface area contributed by atoms with Crippen molar-refractivity contribution in [3.05, 3.63) is 72.8 Å². The van der Waals surface area contributed by atoms with Crippen molar-refractivity contribution in [2.24, 2.45) is 4.99 Å². The molecule has 0 saturated carbocycles. The van der Waals surface area contributed by atoms with Crippen LogP contribution in [0.2, 0.25) is 0 Å². The van der Waals surface area contributed by atoms with E-state index in [1.54, 1.807) is 0 Å². The zero-order valence-corrected chi connectivity index (χ0v) is 11.9. The van der Waals surface area contributed by atoms with Crippen molar-refractivity contribution in [2.45, 2.75) is 0 Å². The first-order chi connectivity index (χ1) is 11.5. The van der Waals surface area contributed by atoms with Crippen molar-refractivity contribution >= 4 is 68.1 Å². The quantitative estimate of drug-likeness (QED) is 0.276. The summed E-state index contributed by atoms with van der Waals surface area (Å²) in [5.41, 5.74) is -0.687. The Kier molecular flexibility index (Phi) is 5.83. The van der Waals surface area contributed by atoms with Gasteiger partial charge >= 0.3 is 51.4 Å². The van der Waals surface area contributed by atoms with Gasteiger partial charge in [0.25, 0.3) is 11.2 Å². The van der Waals surface area contributed by atoms with Gasteiger partial charge < -0.3 is 14.5 Å². The van der Waals surface area contributed by atoms with Crippen LogP contribution in [0.25, 0.3) is 16.7 Å². The summed E-state index contributed by atoms with van der Waals surface area (Å²) >= 11 is 0. The molecule has 3 rings (SSSR count). The van der Waals surface area contributed by atoms with E-state index in [9.17, 15) is 19.7 Å². The number of aromatic nitrogens is 3. The van der Waals surface area contributed by atoms with E-state index in [0.717, 1.165) is 0 Å². The molecule has 25 heavy (non-hydrogen) atoms. The van der Waals surface area contributed by atoms with E-state index >= 15 is 0 Å². The van der Waals surface area contributed by atoms with Gasteiger partial charge in [0.05, 0.1) is 16.0 Å². The fourth-order valence-electron chi connectivity index (χ4n) is 2.20. The average Bonchev–Trinajstić information content (AvgIpc) is 2.55. The first-order valence-electron chi connectivity index (χ1n) is 6.56. The molecule has 0 radical (unpaired) electrons. The number of benzene rings is 1. The Hall–Kier alpha value is -2.36. The molecular weight excluding hydrogens is 355 g/mol. The Labute approximate surface area is 181 Å². The Morgan fingerprint density at radius 1 is 1.16 bits per heavy atom. The molecule has 2 aromatic heterocycles. The molecule has 120 valence electrons. The molecule has 0 atom stereocenters. The molecule has 0 aliphatic carbocycles. The number of fused-ring (bicyclic) bond motifs is 1. The summed E-state index contributed by atoms with van der Waals surface area (Å²) in [5.74, 6) is 0. The van der Waals surface area contributed by atoms with Crippen LogP contribution in [-0.4, -0.2) is 70.8 Å². The molecular formula is C14H9KN6O4. The third kappa shape index (κ3) is 3.84. The predicted octanol–water partition coefficient (Wildman–Crippen LogP) is -0.351. The second-order valence-corrected chi connectivity index (χ2v) is 4.72. The van der Waals surface area contributed by atoms with Gasteiger partial charge in [-0.05, 0) is 6.07 Å². The number of hydrogen-bond donors (Lipinski definition) is 2. The van der Waals surface area contributed by atoms with Crippen molar-refractivity contribution in [3.8, 4) is 11.9 Å². The van der Waals surface area contributed by atoms with E-state index in [2.05, 4.69) is 15.0 Å². The molecule has 2 N–H and O–H groups in total. The summed E-state index contributed by atoms with van der Waals surface area (Å²) < 4.78 is 1.39. The van der Waals surface area contributed by atoms with Crippen LogP contribution in [0.15, 0.2) is 51.2 Å². The van der Waals surface area contributed by atoms with Gasteiger partial charge in [-0.3, -0.25) is 19.7 Å². The van der Waals surface area contributed by atoms with Crippen LogP contribution in [0.5, 0.6) is 0 Å². The van der Waals surface area contributed by atoms with E-state index < -0.39 is 10.5 Å². The molecule has 0 aliphatic heterocycles. The zero-order chi connectivity index (χ0) is 17.3. The molecule has 0 aliphatic rings. The fourth-order valence-corrected chi connectivity index (χ4v) is 2.20. The number of nitrogens with one attached hydrogen (secondary N) is 2. The van der Waals surface area contributed by atoms with Gasteiger partial charge in [0, 0.05) is 30.6 Å². The normalized spacial score (nSPS) is 10.9. The van der Waals surface area contributed by atoms with E-state index in [4.69, 9.17) is 5.26 Å². The Balaban J connectivity index is 0.00000225. The number of rotatable bonds is 2. The van der Waals surface area contributed by atoms with Crippen molar-refractivity contribution in [2.75, 3.05) is 0 Å². The Morgan fingerprint density at radius 2 is 1.80 bits per heavy atom. The fraction of sp³-hybridized carbons (Fsp3) is 0. The summed E-state index contributed by atoms with van der Waals surface area (Å²) in [6, 6.07) is 5.14. The number of pyridine rings is 1. The predicted molar refractivity (Wildman–Crippen MR) is 89.5 cm³/mol. The van der Waals surface area contributed by atoms with Crippen LogP contribution in [0.1, 0.15) is 0 Å². The van der Waals surface area contributed by atoms with Gasteiger partial charge in [-0.15, -0.1) is 4.99 Å². The molecule has 0 spiro atoms. The number of nitrogens with zero attached hydrogens (tertiary/aromatic N) is 4. The molecule has 0 bridgehead atoms. The molecule has 10 nitrogen and oxygen atoms in total. The Bertz CT molecular complexity index is 1180. The van der Waals surface area contributed by atoms with E-state index in [1.165, 1.54) is 47.4 Å². The second-order valence-electron chi connectivity index (χ2n) is 4.72. The van der Waals surface area contributed by atoms with Crippen molar-refractivity contribution in [1.82, 2.24) is 14.5 Å². The first kappa shape index (κ1) is 19.0. The van der Waals surface area contributed by atoms with Crippen molar-refractivity contribution < 1.29 is 4.92 Å². The third-order valence-corrected chi connectivity index (χ3v) is 3.27. The number of H-pyrrole nitrogens is 2. The number of nitro benzene ring substituents is 1. The summed E-state index contributed by atoms with van der Waals surface area (Å²) in [6.45, 7) is 0. The third-order valence-electron chi connectivity index (χ3n) is 3.27. The van der Waals surface area contributed by atoms with Gasteiger partial charge in [-0.2, -0.15) is 5.26 Å². The summed E-state index contributed by atoms with van der Waals surface area (Å²) in [7, 11) is 0. The molecule has 11 heteroatoms. The minimum absolute atomic E-state index is 0. The van der Waals surface area contributed by atoms with Crippen LogP contribution in [0, 0.1) is 21.6 Å². The zero-order valence-electron chi connectivity index (χ0n) is 11.9. The van der Waals surface area contributed by atoms with Gasteiger partial charge in [0.15, 0.2) is 5.43 Å². The molecule has 0 saturated heterocycles. The molecule has 0 fully saturated rings. The van der Waals surface area contributed by atoms with Crippen LogP contribution in [0.4, 0.5) is 5.69 Å². The standard InChI is InChI=1S/C14H8N6O4.K.H/c15-7-16-13-14(22)18-10-5-11(19-3-1-8(21)2-4-19)12(20(23)24)6-9(10)17-13;;/h1-6H,(H,16,17)(H,18,22);;. The molecule has 0 unspecified atom stereocenters. The van der Waals surface area contributed by atoms with Crippen LogP contribution < -0.4 is 16.5 Å². The second kappa shape index (κ2) is 7.68. The number of nitro groups is 1. The first-order valence-corrected chi connectivity index (χ1v) is 6.56. The average molecular weight is 364 g/mol. The monoisotopic (exact) mass is 364 g/mol. The van der Waals surface area contributed by atoms with Gasteiger partial charge in [-0.1, -0.05) is 0 Å². The maximum atomic E-state index is 11.8. The van der Waals surface area contributed by atoms with Gasteiger partial charge in [0.2, 0.25) is 11.7 Å². The van der Waals surface area contributed by atoms with E-state index in [0.29, 0.717) is 0 Å². The SMILES string of the molecule is N#C/N=c1/[nH]c2cc([N+](=O)[O-])c(-n3ccc(=O)cc3)cc2[nH]c1=O.[KH]. The van der Waals surface area contributed by atoms with Crippen LogP contribution in [-0.2, 0) is 0 Å². The van der Waals surface area contributed by atoms with E-state index in [1.807, 2.05) is 0 Å². The minimum atomic E-state index is -0.635. The number of hydrogen-bond acceptors (Lipinski definition) is 6. The molecule has 3 aromatic rings. The molecule has 2 heterocycles. The van der Waals surface area contributed by atoms with Crippen molar-refractivity contribution in [3.63, 3.8) is 0 Å². The molecule has 0 amide bonds. The summed E-state index contributed by atoms with van der Waals surface area (Å²) in [6.07, 6.45) is 4.25.